The van der Waals surface area contributed by atoms with Gasteiger partial charge >= 0.3 is 0 Å². The van der Waals surface area contributed by atoms with Crippen LogP contribution in [0, 0.1) is 5.92 Å². The lowest BCUT2D eigenvalue weighted by Crippen LogP contribution is -2.45. The maximum absolute atomic E-state index is 9.41. The van der Waals surface area contributed by atoms with Crippen LogP contribution in [0.4, 0.5) is 0 Å². The number of rotatable bonds is 10. The SMILES string of the molecule is CCNC(C)(CO)CCCCN(C)C(C)C(C)C. The lowest BCUT2D eigenvalue weighted by Gasteiger charge is -2.30. The molecule has 0 spiro atoms. The fourth-order valence-corrected chi connectivity index (χ4v) is 2.24. The normalized spacial score (nSPS) is 17.2. The molecular formula is C15H34N2O. The molecule has 0 radical (unpaired) electrons. The van der Waals surface area contributed by atoms with Crippen LogP contribution in [0.1, 0.15) is 53.9 Å². The smallest absolute Gasteiger partial charge is 0.0610 e. The molecular weight excluding hydrogens is 224 g/mol. The Morgan fingerprint density at radius 2 is 1.83 bits per heavy atom. The third-order valence-corrected chi connectivity index (χ3v) is 4.10. The molecule has 0 fully saturated rings. The Hall–Kier alpha value is -0.120. The van der Waals surface area contributed by atoms with E-state index in [9.17, 15) is 5.11 Å². The molecule has 0 aromatic carbocycles. The molecule has 0 amide bonds. The number of aliphatic hydroxyl groups excluding tert-OH is 1. The average molecular weight is 258 g/mol. The maximum Gasteiger partial charge on any atom is 0.0610 e. The van der Waals surface area contributed by atoms with E-state index in [0.29, 0.717) is 12.0 Å². The highest BCUT2D eigenvalue weighted by atomic mass is 16.3. The minimum atomic E-state index is -0.100. The third kappa shape index (κ3) is 6.72. The first-order valence-corrected chi connectivity index (χ1v) is 7.42. The Labute approximate surface area is 114 Å². The van der Waals surface area contributed by atoms with Crippen molar-refractivity contribution in [1.29, 1.82) is 0 Å². The molecule has 0 aliphatic heterocycles. The van der Waals surface area contributed by atoms with E-state index < -0.39 is 0 Å². The van der Waals surface area contributed by atoms with E-state index in [2.05, 4.69) is 51.9 Å². The van der Waals surface area contributed by atoms with E-state index in [0.717, 1.165) is 19.5 Å². The molecule has 3 heteroatoms. The van der Waals surface area contributed by atoms with Gasteiger partial charge in [0, 0.05) is 11.6 Å². The van der Waals surface area contributed by atoms with Gasteiger partial charge in [0.2, 0.25) is 0 Å². The molecule has 0 rings (SSSR count). The van der Waals surface area contributed by atoms with Crippen molar-refractivity contribution < 1.29 is 5.11 Å². The number of hydrogen-bond acceptors (Lipinski definition) is 3. The Kier molecular flexibility index (Phi) is 8.83. The van der Waals surface area contributed by atoms with Crippen molar-refractivity contribution in [2.45, 2.75) is 65.5 Å². The number of nitrogens with one attached hydrogen (secondary N) is 1. The van der Waals surface area contributed by atoms with Gasteiger partial charge in [-0.1, -0.05) is 27.2 Å². The summed E-state index contributed by atoms with van der Waals surface area (Å²) >= 11 is 0. The fraction of sp³-hybridized carbons (Fsp3) is 1.00. The molecule has 0 bridgehead atoms. The minimum absolute atomic E-state index is 0.100. The zero-order valence-electron chi connectivity index (χ0n) is 13.3. The molecule has 2 unspecified atom stereocenters. The summed E-state index contributed by atoms with van der Waals surface area (Å²) in [6, 6.07) is 0.642. The van der Waals surface area contributed by atoms with Crippen LogP contribution in [0.5, 0.6) is 0 Å². The van der Waals surface area contributed by atoms with Crippen molar-refractivity contribution in [1.82, 2.24) is 10.2 Å². The zero-order chi connectivity index (χ0) is 14.2. The van der Waals surface area contributed by atoms with Gasteiger partial charge in [0.05, 0.1) is 6.61 Å². The summed E-state index contributed by atoms with van der Waals surface area (Å²) in [4.78, 5) is 2.44. The van der Waals surface area contributed by atoms with E-state index >= 15 is 0 Å². The van der Waals surface area contributed by atoms with E-state index in [4.69, 9.17) is 0 Å². The number of hydrogen-bond donors (Lipinski definition) is 2. The molecule has 0 aliphatic carbocycles. The number of likely N-dealkylation sites (N-methyl/N-ethyl adjacent to an activating group) is 1. The molecule has 0 aromatic rings. The zero-order valence-corrected chi connectivity index (χ0v) is 13.3. The molecule has 110 valence electrons. The summed E-state index contributed by atoms with van der Waals surface area (Å²) in [5.74, 6) is 0.708. The van der Waals surface area contributed by atoms with Crippen molar-refractivity contribution in [3.05, 3.63) is 0 Å². The number of aliphatic hydroxyl groups is 1. The van der Waals surface area contributed by atoms with Gasteiger partial charge in [-0.05, 0) is 52.7 Å². The van der Waals surface area contributed by atoms with E-state index in [1.54, 1.807) is 0 Å². The molecule has 0 saturated heterocycles. The second-order valence-corrected chi connectivity index (χ2v) is 6.17. The van der Waals surface area contributed by atoms with Gasteiger partial charge in [-0.25, -0.2) is 0 Å². The lowest BCUT2D eigenvalue weighted by molar-refractivity contribution is 0.159. The number of nitrogens with zero attached hydrogens (tertiary/aromatic N) is 1. The molecule has 0 aromatic heterocycles. The fourth-order valence-electron chi connectivity index (χ4n) is 2.24. The van der Waals surface area contributed by atoms with Gasteiger partial charge in [0.1, 0.15) is 0 Å². The predicted molar refractivity (Wildman–Crippen MR) is 79.9 cm³/mol. The monoisotopic (exact) mass is 258 g/mol. The Morgan fingerprint density at radius 3 is 2.28 bits per heavy atom. The van der Waals surface area contributed by atoms with Gasteiger partial charge < -0.3 is 15.3 Å². The highest BCUT2D eigenvalue weighted by molar-refractivity contribution is 4.81. The topological polar surface area (TPSA) is 35.5 Å². The minimum Gasteiger partial charge on any atom is -0.394 e. The van der Waals surface area contributed by atoms with Gasteiger partial charge in [-0.3, -0.25) is 0 Å². The van der Waals surface area contributed by atoms with Gasteiger partial charge in [-0.2, -0.15) is 0 Å². The quantitative estimate of drug-likeness (QED) is 0.591. The first-order valence-electron chi connectivity index (χ1n) is 7.42. The first kappa shape index (κ1) is 17.9. The van der Waals surface area contributed by atoms with Gasteiger partial charge in [-0.15, -0.1) is 0 Å². The Balaban J connectivity index is 3.85. The summed E-state index contributed by atoms with van der Waals surface area (Å²) in [7, 11) is 2.21. The summed E-state index contributed by atoms with van der Waals surface area (Å²) in [6.07, 6.45) is 3.41. The van der Waals surface area contributed by atoms with Crippen LogP contribution in [0.15, 0.2) is 0 Å². The van der Waals surface area contributed by atoms with Crippen LogP contribution in [-0.4, -0.2) is 48.3 Å². The molecule has 2 N–H and O–H groups in total. The van der Waals surface area contributed by atoms with Crippen LogP contribution in [0.2, 0.25) is 0 Å². The van der Waals surface area contributed by atoms with Crippen LogP contribution in [-0.2, 0) is 0 Å². The van der Waals surface area contributed by atoms with E-state index in [-0.39, 0.29) is 12.1 Å². The summed E-state index contributed by atoms with van der Waals surface area (Å²) in [6.45, 7) is 13.3. The number of unbranched alkanes of at least 4 members (excludes halogenated alkanes) is 1. The van der Waals surface area contributed by atoms with Crippen molar-refractivity contribution >= 4 is 0 Å². The summed E-state index contributed by atoms with van der Waals surface area (Å²) in [5.41, 5.74) is -0.100. The van der Waals surface area contributed by atoms with E-state index in [1.165, 1.54) is 12.8 Å². The molecule has 18 heavy (non-hydrogen) atoms. The van der Waals surface area contributed by atoms with Gasteiger partial charge in [0.15, 0.2) is 0 Å². The van der Waals surface area contributed by atoms with Crippen molar-refractivity contribution in [2.24, 2.45) is 5.92 Å². The molecule has 0 heterocycles. The first-order chi connectivity index (χ1) is 8.36. The maximum atomic E-state index is 9.41. The highest BCUT2D eigenvalue weighted by Gasteiger charge is 2.21. The van der Waals surface area contributed by atoms with E-state index in [1.807, 2.05) is 0 Å². The van der Waals surface area contributed by atoms with Crippen LogP contribution >= 0.6 is 0 Å². The Morgan fingerprint density at radius 1 is 1.22 bits per heavy atom. The predicted octanol–water partition coefficient (Wildman–Crippen LogP) is 2.49. The highest BCUT2D eigenvalue weighted by Crippen LogP contribution is 2.14. The lowest BCUT2D eigenvalue weighted by atomic mass is 9.95. The summed E-state index contributed by atoms with van der Waals surface area (Å²) in [5, 5.41) is 12.8. The van der Waals surface area contributed by atoms with Crippen LogP contribution < -0.4 is 5.32 Å². The standard InChI is InChI=1S/C15H34N2O/c1-7-16-15(5,12-18)10-8-9-11-17(6)14(4)13(2)3/h13-14,16,18H,7-12H2,1-6H3. The Bertz CT molecular complexity index is 209. The largest absolute Gasteiger partial charge is 0.394 e. The van der Waals surface area contributed by atoms with Gasteiger partial charge in [0.25, 0.3) is 0 Å². The second-order valence-electron chi connectivity index (χ2n) is 6.17. The second kappa shape index (κ2) is 8.89. The van der Waals surface area contributed by atoms with Crippen LogP contribution in [0.25, 0.3) is 0 Å². The summed E-state index contributed by atoms with van der Waals surface area (Å²) < 4.78 is 0. The van der Waals surface area contributed by atoms with Crippen LogP contribution in [0.3, 0.4) is 0 Å². The molecule has 2 atom stereocenters. The van der Waals surface area contributed by atoms with Crippen molar-refractivity contribution in [2.75, 3.05) is 26.7 Å². The third-order valence-electron chi connectivity index (χ3n) is 4.10. The van der Waals surface area contributed by atoms with Crippen molar-refractivity contribution in [3.63, 3.8) is 0 Å². The molecule has 0 saturated carbocycles. The molecule has 0 aliphatic rings. The average Bonchev–Trinajstić information content (AvgIpc) is 2.33. The molecule has 3 nitrogen and oxygen atoms in total. The van der Waals surface area contributed by atoms with Crippen molar-refractivity contribution in [3.8, 4) is 0 Å².